The predicted octanol–water partition coefficient (Wildman–Crippen LogP) is 4.24. The summed E-state index contributed by atoms with van der Waals surface area (Å²) in [5, 5.41) is 15.9. The van der Waals surface area contributed by atoms with Gasteiger partial charge in [-0.05, 0) is 0 Å². The average molecular weight is 444 g/mol. The zero-order valence-corrected chi connectivity index (χ0v) is 18.8. The first-order valence-electron chi connectivity index (χ1n) is 9.49. The Morgan fingerprint density at radius 3 is 2.04 bits per heavy atom. The third kappa shape index (κ3) is 6.30. The zero-order chi connectivity index (χ0) is 18.0. The van der Waals surface area contributed by atoms with Crippen LogP contribution in [0, 0.1) is 0 Å². The van der Waals surface area contributed by atoms with E-state index in [-0.39, 0.29) is 0 Å². The summed E-state index contributed by atoms with van der Waals surface area (Å²) >= 11 is -2.49. The molecule has 1 heterocycles. The van der Waals surface area contributed by atoms with E-state index in [9.17, 15) is 4.79 Å². The summed E-state index contributed by atoms with van der Waals surface area (Å²) in [5.74, 6) is 0. The SMILES string of the molecule is CCC[CH2][Sn]([CH2]CCC)([CH2]CCC)[c]1cc(CNC(=O)O)nn1C. The molecule has 0 atom stereocenters. The second kappa shape index (κ2) is 11.0. The first-order chi connectivity index (χ1) is 11.5. The molecule has 0 bridgehead atoms. The fraction of sp³-hybridized carbons (Fsp3) is 0.778. The summed E-state index contributed by atoms with van der Waals surface area (Å²) in [5.41, 5.74) is 0.862. The van der Waals surface area contributed by atoms with Crippen LogP contribution in [0.2, 0.25) is 13.3 Å². The number of aromatic nitrogens is 2. The molecule has 5 nitrogen and oxygen atoms in total. The van der Waals surface area contributed by atoms with Gasteiger partial charge >= 0.3 is 151 Å². The monoisotopic (exact) mass is 445 g/mol. The Bertz CT molecular complexity index is 481. The standard InChI is InChI=1S/C6H8N3O2.3C4H9.Sn/c1-9-3-2-5(8-9)4-7-6(10)11;3*1-3-4-2;/h2,7H,4H2,1H3,(H,10,11);3*1,3-4H2,2H3;. The first kappa shape index (κ1) is 21.3. The van der Waals surface area contributed by atoms with Crippen LogP contribution in [-0.2, 0) is 13.6 Å². The van der Waals surface area contributed by atoms with Gasteiger partial charge in [0.25, 0.3) is 0 Å². The van der Waals surface area contributed by atoms with Gasteiger partial charge in [0, 0.05) is 0 Å². The normalized spacial score (nSPS) is 11.7. The molecule has 0 aromatic carbocycles. The number of unbranched alkanes of at least 4 members (excludes halogenated alkanes) is 3. The molecule has 0 radical (unpaired) electrons. The molecule has 0 aliphatic rings. The molecular weight excluding hydrogens is 409 g/mol. The summed E-state index contributed by atoms with van der Waals surface area (Å²) in [6.45, 7) is 7.14. The van der Waals surface area contributed by atoms with Gasteiger partial charge in [-0.2, -0.15) is 0 Å². The van der Waals surface area contributed by atoms with Crippen LogP contribution in [0.5, 0.6) is 0 Å². The first-order valence-corrected chi connectivity index (χ1v) is 17.0. The fourth-order valence-corrected chi connectivity index (χ4v) is 20.2. The van der Waals surface area contributed by atoms with E-state index in [1.165, 1.54) is 55.5 Å². The van der Waals surface area contributed by atoms with E-state index in [0.29, 0.717) is 6.54 Å². The summed E-state index contributed by atoms with van der Waals surface area (Å²) in [7, 11) is 2.05. The number of nitrogens with one attached hydrogen (secondary N) is 1. The number of hydrogen-bond donors (Lipinski definition) is 2. The molecule has 0 aliphatic heterocycles. The fourth-order valence-electron chi connectivity index (χ4n) is 3.58. The van der Waals surface area contributed by atoms with Crippen molar-refractivity contribution in [1.82, 2.24) is 15.1 Å². The van der Waals surface area contributed by atoms with Gasteiger partial charge in [0.05, 0.1) is 0 Å². The Balaban J connectivity index is 3.11. The van der Waals surface area contributed by atoms with Crippen LogP contribution in [0.15, 0.2) is 6.07 Å². The third-order valence-corrected chi connectivity index (χ3v) is 20.6. The van der Waals surface area contributed by atoms with Crippen LogP contribution in [0.25, 0.3) is 0 Å². The van der Waals surface area contributed by atoms with Crippen molar-refractivity contribution in [3.8, 4) is 0 Å². The molecule has 6 heteroatoms. The number of hydrogen-bond acceptors (Lipinski definition) is 2. The van der Waals surface area contributed by atoms with E-state index >= 15 is 0 Å². The van der Waals surface area contributed by atoms with Crippen LogP contribution < -0.4 is 9.03 Å². The van der Waals surface area contributed by atoms with E-state index < -0.39 is 24.5 Å². The quantitative estimate of drug-likeness (QED) is 0.474. The Morgan fingerprint density at radius 2 is 1.62 bits per heavy atom. The second-order valence-corrected chi connectivity index (χ2v) is 19.9. The number of amides is 1. The zero-order valence-electron chi connectivity index (χ0n) is 15.9. The van der Waals surface area contributed by atoms with Crippen LogP contribution in [0.1, 0.15) is 65.0 Å². The van der Waals surface area contributed by atoms with E-state index in [1.54, 1.807) is 0 Å². The Kier molecular flexibility index (Phi) is 9.77. The Morgan fingerprint density at radius 1 is 1.12 bits per heavy atom. The Hall–Kier alpha value is -0.721. The molecule has 1 aromatic heterocycles. The van der Waals surface area contributed by atoms with Gasteiger partial charge < -0.3 is 0 Å². The molecule has 138 valence electrons. The van der Waals surface area contributed by atoms with Gasteiger partial charge in [0.2, 0.25) is 0 Å². The van der Waals surface area contributed by atoms with Gasteiger partial charge in [-0.25, -0.2) is 0 Å². The predicted molar refractivity (Wildman–Crippen MR) is 103 cm³/mol. The minimum absolute atomic E-state index is 0.306. The maximum absolute atomic E-state index is 10.8. The number of rotatable bonds is 12. The molecular formula is C18H35N3O2Sn. The molecule has 0 aliphatic carbocycles. The van der Waals surface area contributed by atoms with Crippen molar-refractivity contribution in [3.05, 3.63) is 11.8 Å². The minimum atomic E-state index is -2.49. The van der Waals surface area contributed by atoms with Crippen molar-refractivity contribution < 1.29 is 9.90 Å². The van der Waals surface area contributed by atoms with Gasteiger partial charge in [-0.1, -0.05) is 0 Å². The molecule has 0 saturated carbocycles. The molecule has 24 heavy (non-hydrogen) atoms. The number of nitrogens with zero attached hydrogens (tertiary/aromatic N) is 2. The van der Waals surface area contributed by atoms with Crippen LogP contribution >= 0.6 is 0 Å². The molecule has 1 rings (SSSR count). The maximum atomic E-state index is 10.8. The molecule has 1 amide bonds. The van der Waals surface area contributed by atoms with Crippen molar-refractivity contribution in [1.29, 1.82) is 0 Å². The number of carbonyl (C=O) groups is 1. The second-order valence-electron chi connectivity index (χ2n) is 6.89. The van der Waals surface area contributed by atoms with Crippen LogP contribution in [0.4, 0.5) is 4.79 Å². The summed E-state index contributed by atoms with van der Waals surface area (Å²) in [4.78, 5) is 10.8. The molecule has 0 saturated heterocycles. The van der Waals surface area contributed by atoms with Crippen molar-refractivity contribution >= 4 is 28.2 Å². The Labute approximate surface area is 151 Å². The molecule has 0 unspecified atom stereocenters. The van der Waals surface area contributed by atoms with Crippen molar-refractivity contribution in [3.63, 3.8) is 0 Å². The van der Waals surface area contributed by atoms with Crippen molar-refractivity contribution in [2.24, 2.45) is 7.05 Å². The average Bonchev–Trinajstić information content (AvgIpc) is 2.94. The van der Waals surface area contributed by atoms with Crippen molar-refractivity contribution in [2.45, 2.75) is 79.2 Å². The van der Waals surface area contributed by atoms with E-state index in [1.807, 2.05) is 0 Å². The summed E-state index contributed by atoms with van der Waals surface area (Å²) < 4.78 is 7.77. The topological polar surface area (TPSA) is 67.2 Å². The van der Waals surface area contributed by atoms with Gasteiger partial charge in [-0.3, -0.25) is 0 Å². The molecule has 0 fully saturated rings. The molecule has 0 spiro atoms. The number of aryl methyl sites for hydroxylation is 1. The molecule has 1 aromatic rings. The van der Waals surface area contributed by atoms with E-state index in [4.69, 9.17) is 5.11 Å². The van der Waals surface area contributed by atoms with Crippen molar-refractivity contribution in [2.75, 3.05) is 0 Å². The number of carboxylic acid groups (broad SMARTS) is 1. The van der Waals surface area contributed by atoms with Crippen LogP contribution in [0.3, 0.4) is 0 Å². The van der Waals surface area contributed by atoms with E-state index in [0.717, 1.165) is 5.69 Å². The van der Waals surface area contributed by atoms with Gasteiger partial charge in [0.1, 0.15) is 0 Å². The molecule has 2 N–H and O–H groups in total. The third-order valence-electron chi connectivity index (χ3n) is 4.92. The van der Waals surface area contributed by atoms with Gasteiger partial charge in [-0.15, -0.1) is 0 Å². The van der Waals surface area contributed by atoms with Gasteiger partial charge in [0.15, 0.2) is 0 Å². The van der Waals surface area contributed by atoms with Crippen LogP contribution in [-0.4, -0.2) is 39.4 Å². The summed E-state index contributed by atoms with van der Waals surface area (Å²) in [6.07, 6.45) is 6.72. The van der Waals surface area contributed by atoms with E-state index in [2.05, 4.69) is 49.0 Å². The summed E-state index contributed by atoms with van der Waals surface area (Å²) in [6, 6.07) is 2.22.